The largest absolute Gasteiger partial charge is 0.662 e. The molecule has 5 heteroatoms. The van der Waals surface area contributed by atoms with Crippen LogP contribution in [-0.4, -0.2) is 19.6 Å². The fourth-order valence-corrected chi connectivity index (χ4v) is 1.63. The van der Waals surface area contributed by atoms with Crippen molar-refractivity contribution in [1.82, 2.24) is 0 Å². The first-order valence-electron chi connectivity index (χ1n) is 6.43. The summed E-state index contributed by atoms with van der Waals surface area (Å²) >= 11 is 0. The lowest BCUT2D eigenvalue weighted by Gasteiger charge is -2.05. The number of benzene rings is 2. The molecule has 4 nitrogen and oxygen atoms in total. The normalized spacial score (nSPS) is 9.81. The van der Waals surface area contributed by atoms with Crippen LogP contribution < -0.4 is 0 Å². The van der Waals surface area contributed by atoms with E-state index < -0.39 is 11.9 Å². The Balaban J connectivity index is 1.83. The van der Waals surface area contributed by atoms with Crippen LogP contribution in [0.2, 0.25) is 0 Å². The zero-order valence-corrected chi connectivity index (χ0v) is 11.8. The van der Waals surface area contributed by atoms with Crippen LogP contribution in [0.1, 0.15) is 31.8 Å². The molecule has 2 rings (SSSR count). The summed E-state index contributed by atoms with van der Waals surface area (Å²) in [7, 11) is 0.754. The Labute approximate surface area is 124 Å². The first-order chi connectivity index (χ1) is 10.1. The van der Waals surface area contributed by atoms with Crippen LogP contribution in [0.15, 0.2) is 48.5 Å². The molecule has 21 heavy (non-hydrogen) atoms. The van der Waals surface area contributed by atoms with Crippen LogP contribution in [0.5, 0.6) is 0 Å². The fraction of sp³-hybridized carbons (Fsp3) is 0.125. The molecule has 0 aliphatic carbocycles. The second-order valence-corrected chi connectivity index (χ2v) is 4.64. The van der Waals surface area contributed by atoms with E-state index in [1.165, 1.54) is 0 Å². The van der Waals surface area contributed by atoms with Gasteiger partial charge in [0.05, 0.1) is 11.1 Å². The Kier molecular flexibility index (Phi) is 4.77. The standard InChI is InChI=1S/C16H14BO4/c1-11-3-7-13(8-4-11)15(18)20-17-21-16(19)14-9-5-12(2)6-10-14/h3-10H,1-2H3. The summed E-state index contributed by atoms with van der Waals surface area (Å²) in [6.45, 7) is 3.84. The maximum atomic E-state index is 11.7. The molecule has 0 heterocycles. The number of carbonyl (C=O) groups is 2. The minimum atomic E-state index is -0.577. The van der Waals surface area contributed by atoms with Gasteiger partial charge >= 0.3 is 19.6 Å². The Morgan fingerprint density at radius 2 is 1.05 bits per heavy atom. The summed E-state index contributed by atoms with van der Waals surface area (Å²) in [6, 6.07) is 13.8. The van der Waals surface area contributed by atoms with E-state index in [-0.39, 0.29) is 0 Å². The third kappa shape index (κ3) is 4.21. The van der Waals surface area contributed by atoms with E-state index in [2.05, 4.69) is 0 Å². The summed E-state index contributed by atoms with van der Waals surface area (Å²) in [4.78, 5) is 23.3. The molecule has 0 N–H and O–H groups in total. The fourth-order valence-electron chi connectivity index (χ4n) is 1.63. The number of rotatable bonds is 4. The molecule has 2 aromatic rings. The minimum absolute atomic E-state index is 0.392. The van der Waals surface area contributed by atoms with Crippen molar-refractivity contribution in [3.05, 3.63) is 70.8 Å². The first-order valence-corrected chi connectivity index (χ1v) is 6.43. The van der Waals surface area contributed by atoms with Gasteiger partial charge in [-0.1, -0.05) is 35.4 Å². The lowest BCUT2D eigenvalue weighted by Crippen LogP contribution is -2.16. The summed E-state index contributed by atoms with van der Waals surface area (Å²) in [6.07, 6.45) is 0. The Hall–Kier alpha value is -2.56. The molecule has 0 saturated heterocycles. The molecule has 0 aliphatic rings. The summed E-state index contributed by atoms with van der Waals surface area (Å²) in [5, 5.41) is 0. The SMILES string of the molecule is Cc1ccc(C(=O)O[B]OC(=O)c2ccc(C)cc2)cc1. The van der Waals surface area contributed by atoms with E-state index in [0.717, 1.165) is 18.8 Å². The Morgan fingerprint density at radius 3 is 1.38 bits per heavy atom. The zero-order valence-electron chi connectivity index (χ0n) is 11.8. The van der Waals surface area contributed by atoms with E-state index in [1.807, 2.05) is 13.8 Å². The maximum Gasteiger partial charge on any atom is 0.662 e. The molecule has 0 amide bonds. The maximum absolute atomic E-state index is 11.7. The molecule has 0 fully saturated rings. The van der Waals surface area contributed by atoms with Crippen molar-refractivity contribution in [2.45, 2.75) is 13.8 Å². The second kappa shape index (κ2) is 6.75. The highest BCUT2D eigenvalue weighted by Gasteiger charge is 2.13. The van der Waals surface area contributed by atoms with Gasteiger partial charge in [-0.3, -0.25) is 0 Å². The van der Waals surface area contributed by atoms with Gasteiger partial charge in [-0.2, -0.15) is 0 Å². The van der Waals surface area contributed by atoms with E-state index in [4.69, 9.17) is 9.31 Å². The van der Waals surface area contributed by atoms with Gasteiger partial charge in [0, 0.05) is 0 Å². The predicted molar refractivity (Wildman–Crippen MR) is 78.9 cm³/mol. The highest BCUT2D eigenvalue weighted by molar-refractivity contribution is 6.28. The van der Waals surface area contributed by atoms with Gasteiger partial charge in [0.1, 0.15) is 0 Å². The summed E-state index contributed by atoms with van der Waals surface area (Å²) in [5.41, 5.74) is 2.87. The van der Waals surface area contributed by atoms with Crippen molar-refractivity contribution in [3.63, 3.8) is 0 Å². The molecule has 1 radical (unpaired) electrons. The number of carbonyl (C=O) groups excluding carboxylic acids is 2. The molecule has 0 bridgehead atoms. The van der Waals surface area contributed by atoms with Gasteiger partial charge in [-0.05, 0) is 38.1 Å². The van der Waals surface area contributed by atoms with Gasteiger partial charge in [0.25, 0.3) is 0 Å². The summed E-state index contributed by atoms with van der Waals surface area (Å²) < 4.78 is 9.55. The van der Waals surface area contributed by atoms with Crippen molar-refractivity contribution in [3.8, 4) is 0 Å². The van der Waals surface area contributed by atoms with Crippen molar-refractivity contribution >= 4 is 19.6 Å². The van der Waals surface area contributed by atoms with E-state index in [0.29, 0.717) is 11.1 Å². The van der Waals surface area contributed by atoms with Gasteiger partial charge in [0.15, 0.2) is 0 Å². The molecular formula is C16H14BO4. The second-order valence-electron chi connectivity index (χ2n) is 4.64. The lowest BCUT2D eigenvalue weighted by atomic mass is 10.1. The van der Waals surface area contributed by atoms with Crippen molar-refractivity contribution < 1.29 is 18.9 Å². The Bertz CT molecular complexity index is 575. The van der Waals surface area contributed by atoms with Crippen molar-refractivity contribution in [1.29, 1.82) is 0 Å². The van der Waals surface area contributed by atoms with Crippen molar-refractivity contribution in [2.24, 2.45) is 0 Å². The summed E-state index contributed by atoms with van der Waals surface area (Å²) in [5.74, 6) is -1.15. The van der Waals surface area contributed by atoms with Crippen LogP contribution in [0.4, 0.5) is 0 Å². The third-order valence-corrected chi connectivity index (χ3v) is 2.88. The lowest BCUT2D eigenvalue weighted by molar-refractivity contribution is 0.0632. The number of aryl methyl sites for hydroxylation is 2. The molecule has 2 aromatic carbocycles. The molecule has 0 aliphatic heterocycles. The van der Waals surface area contributed by atoms with Crippen LogP contribution in [0.3, 0.4) is 0 Å². The molecule has 0 aromatic heterocycles. The van der Waals surface area contributed by atoms with E-state index in [1.54, 1.807) is 48.5 Å². The molecular weight excluding hydrogens is 267 g/mol. The molecule has 0 saturated carbocycles. The van der Waals surface area contributed by atoms with Gasteiger partial charge < -0.3 is 9.31 Å². The van der Waals surface area contributed by atoms with E-state index in [9.17, 15) is 9.59 Å². The Morgan fingerprint density at radius 1 is 0.714 bits per heavy atom. The number of hydrogen-bond donors (Lipinski definition) is 0. The van der Waals surface area contributed by atoms with Gasteiger partial charge in [-0.25, -0.2) is 9.59 Å². The topological polar surface area (TPSA) is 52.6 Å². The highest BCUT2D eigenvalue weighted by atomic mass is 16.6. The monoisotopic (exact) mass is 281 g/mol. The number of hydrogen-bond acceptors (Lipinski definition) is 4. The molecule has 0 spiro atoms. The highest BCUT2D eigenvalue weighted by Crippen LogP contribution is 2.06. The molecule has 0 atom stereocenters. The average molecular weight is 281 g/mol. The van der Waals surface area contributed by atoms with Crippen LogP contribution >= 0.6 is 0 Å². The van der Waals surface area contributed by atoms with Crippen LogP contribution in [0.25, 0.3) is 0 Å². The first kappa shape index (κ1) is 14.8. The van der Waals surface area contributed by atoms with Gasteiger partial charge in [0.2, 0.25) is 0 Å². The average Bonchev–Trinajstić information content (AvgIpc) is 2.48. The molecule has 0 unspecified atom stereocenters. The predicted octanol–water partition coefficient (Wildman–Crippen LogP) is 2.85. The van der Waals surface area contributed by atoms with Gasteiger partial charge in [-0.15, -0.1) is 0 Å². The van der Waals surface area contributed by atoms with Crippen LogP contribution in [-0.2, 0) is 9.31 Å². The minimum Gasteiger partial charge on any atom is -0.496 e. The molecule has 105 valence electrons. The van der Waals surface area contributed by atoms with E-state index >= 15 is 0 Å². The van der Waals surface area contributed by atoms with Crippen LogP contribution in [0, 0.1) is 13.8 Å². The quantitative estimate of drug-likeness (QED) is 0.808. The third-order valence-electron chi connectivity index (χ3n) is 2.88. The smallest absolute Gasteiger partial charge is 0.496 e. The zero-order chi connectivity index (χ0) is 15.2. The van der Waals surface area contributed by atoms with Crippen molar-refractivity contribution in [2.75, 3.05) is 0 Å².